The summed E-state index contributed by atoms with van der Waals surface area (Å²) in [5, 5.41) is 16.4. The number of aromatic hydroxyl groups is 1. The number of halogens is 1. The molecule has 0 bridgehead atoms. The summed E-state index contributed by atoms with van der Waals surface area (Å²) in [6, 6.07) is 7.15. The second kappa shape index (κ2) is 8.37. The summed E-state index contributed by atoms with van der Waals surface area (Å²) in [7, 11) is 0. The van der Waals surface area contributed by atoms with E-state index in [9.17, 15) is 0 Å². The van der Waals surface area contributed by atoms with Crippen LogP contribution in [0.25, 0.3) is 0 Å². The van der Waals surface area contributed by atoms with Gasteiger partial charge in [0, 0.05) is 6.61 Å². The van der Waals surface area contributed by atoms with Gasteiger partial charge < -0.3 is 10.2 Å². The van der Waals surface area contributed by atoms with Gasteiger partial charge in [0.1, 0.15) is 5.75 Å². The SMILES string of the molecule is CCO.Cc1cccc(O)c1.Cl. The summed E-state index contributed by atoms with van der Waals surface area (Å²) in [6.07, 6.45) is 0. The number of aliphatic hydroxyl groups excluding tert-OH is 1. The molecule has 0 heterocycles. The highest BCUT2D eigenvalue weighted by atomic mass is 35.5. The molecule has 0 saturated carbocycles. The van der Waals surface area contributed by atoms with E-state index in [0.29, 0.717) is 5.75 Å². The molecule has 0 aromatic heterocycles. The van der Waals surface area contributed by atoms with Crippen molar-refractivity contribution < 1.29 is 10.2 Å². The number of benzene rings is 1. The summed E-state index contributed by atoms with van der Waals surface area (Å²) in [6.45, 7) is 3.87. The van der Waals surface area contributed by atoms with Gasteiger partial charge in [0.25, 0.3) is 0 Å². The lowest BCUT2D eigenvalue weighted by Crippen LogP contribution is -1.66. The molecule has 12 heavy (non-hydrogen) atoms. The fourth-order valence-corrected chi connectivity index (χ4v) is 0.628. The maximum Gasteiger partial charge on any atom is 0.115 e. The lowest BCUT2D eigenvalue weighted by molar-refractivity contribution is 0.318. The normalized spacial score (nSPS) is 7.58. The molecule has 3 heteroatoms. The predicted octanol–water partition coefficient (Wildman–Crippen LogP) is 2.12. The van der Waals surface area contributed by atoms with Crippen LogP contribution in [0, 0.1) is 6.92 Å². The largest absolute Gasteiger partial charge is 0.508 e. The first-order chi connectivity index (χ1) is 5.20. The number of hydrogen-bond donors (Lipinski definition) is 2. The quantitative estimate of drug-likeness (QED) is 0.658. The van der Waals surface area contributed by atoms with Crippen molar-refractivity contribution in [3.8, 4) is 5.75 Å². The van der Waals surface area contributed by atoms with Gasteiger partial charge in [-0.2, -0.15) is 0 Å². The Morgan fingerprint density at radius 1 is 1.33 bits per heavy atom. The molecule has 0 fully saturated rings. The Bertz CT molecular complexity index is 184. The van der Waals surface area contributed by atoms with Crippen molar-refractivity contribution in [2.24, 2.45) is 0 Å². The van der Waals surface area contributed by atoms with E-state index in [2.05, 4.69) is 0 Å². The molecule has 2 N–H and O–H groups in total. The molecule has 0 saturated heterocycles. The van der Waals surface area contributed by atoms with Gasteiger partial charge in [0.2, 0.25) is 0 Å². The summed E-state index contributed by atoms with van der Waals surface area (Å²) in [5.41, 5.74) is 1.09. The third-order valence-electron chi connectivity index (χ3n) is 1.00. The smallest absolute Gasteiger partial charge is 0.115 e. The lowest BCUT2D eigenvalue weighted by Gasteiger charge is -1.89. The van der Waals surface area contributed by atoms with Crippen molar-refractivity contribution in [2.75, 3.05) is 6.61 Å². The second-order valence-electron chi connectivity index (χ2n) is 2.16. The molecule has 0 radical (unpaired) electrons. The monoisotopic (exact) mass is 190 g/mol. The average Bonchev–Trinajstić information content (AvgIpc) is 1.88. The Hall–Kier alpha value is -0.730. The van der Waals surface area contributed by atoms with Crippen LogP contribution in [0.3, 0.4) is 0 Å². The minimum atomic E-state index is 0. The molecule has 0 aliphatic carbocycles. The van der Waals surface area contributed by atoms with Gasteiger partial charge in [-0.25, -0.2) is 0 Å². The lowest BCUT2D eigenvalue weighted by atomic mass is 10.2. The van der Waals surface area contributed by atoms with Crippen molar-refractivity contribution in [1.82, 2.24) is 0 Å². The number of hydrogen-bond acceptors (Lipinski definition) is 2. The van der Waals surface area contributed by atoms with Crippen molar-refractivity contribution in [2.45, 2.75) is 13.8 Å². The van der Waals surface area contributed by atoms with E-state index in [1.165, 1.54) is 0 Å². The van der Waals surface area contributed by atoms with Crippen molar-refractivity contribution in [3.63, 3.8) is 0 Å². The number of phenolic OH excluding ortho intramolecular Hbond substituents is 1. The number of aliphatic hydroxyl groups is 1. The number of rotatable bonds is 0. The summed E-state index contributed by atoms with van der Waals surface area (Å²) < 4.78 is 0. The zero-order valence-corrected chi connectivity index (χ0v) is 8.14. The van der Waals surface area contributed by atoms with Gasteiger partial charge >= 0.3 is 0 Å². The highest BCUT2D eigenvalue weighted by Crippen LogP contribution is 2.08. The molecule has 2 nitrogen and oxygen atoms in total. The standard InChI is InChI=1S/C7H8O.C2H6O.ClH/c1-6-3-2-4-7(8)5-6;1-2-3;/h2-5,8H,1H3;3H,2H2,1H3;1H. The minimum absolute atomic E-state index is 0. The van der Waals surface area contributed by atoms with Gasteiger partial charge in [0.05, 0.1) is 0 Å². The first kappa shape index (κ1) is 13.8. The van der Waals surface area contributed by atoms with Gasteiger partial charge in [0.15, 0.2) is 0 Å². The van der Waals surface area contributed by atoms with E-state index >= 15 is 0 Å². The van der Waals surface area contributed by atoms with Crippen LogP contribution in [-0.4, -0.2) is 16.8 Å². The molecule has 1 aromatic rings. The van der Waals surface area contributed by atoms with E-state index in [-0.39, 0.29) is 19.0 Å². The highest BCUT2D eigenvalue weighted by Gasteiger charge is 1.83. The fourth-order valence-electron chi connectivity index (χ4n) is 0.628. The zero-order valence-electron chi connectivity index (χ0n) is 7.32. The molecule has 0 aliphatic rings. The second-order valence-corrected chi connectivity index (χ2v) is 2.16. The topological polar surface area (TPSA) is 40.5 Å². The van der Waals surface area contributed by atoms with Gasteiger partial charge in [-0.3, -0.25) is 0 Å². The van der Waals surface area contributed by atoms with Crippen LogP contribution in [0.1, 0.15) is 12.5 Å². The highest BCUT2D eigenvalue weighted by molar-refractivity contribution is 5.85. The molecule has 1 rings (SSSR count). The Labute approximate surface area is 79.3 Å². The molecule has 0 amide bonds. The van der Waals surface area contributed by atoms with Gasteiger partial charge in [-0.1, -0.05) is 12.1 Å². The molecule has 0 atom stereocenters. The van der Waals surface area contributed by atoms with Crippen molar-refractivity contribution >= 4 is 12.4 Å². The molecular weight excluding hydrogens is 176 g/mol. The van der Waals surface area contributed by atoms with Gasteiger partial charge in [-0.05, 0) is 31.5 Å². The van der Waals surface area contributed by atoms with Gasteiger partial charge in [-0.15, -0.1) is 12.4 Å². The van der Waals surface area contributed by atoms with Crippen molar-refractivity contribution in [3.05, 3.63) is 29.8 Å². The predicted molar refractivity (Wildman–Crippen MR) is 52.9 cm³/mol. The Morgan fingerprint density at radius 3 is 2.08 bits per heavy atom. The third-order valence-corrected chi connectivity index (χ3v) is 1.00. The Morgan fingerprint density at radius 2 is 1.83 bits per heavy atom. The first-order valence-corrected chi connectivity index (χ1v) is 3.57. The van der Waals surface area contributed by atoms with E-state index < -0.39 is 0 Å². The summed E-state index contributed by atoms with van der Waals surface area (Å²) >= 11 is 0. The molecule has 0 aliphatic heterocycles. The Kier molecular flexibility index (Phi) is 9.65. The van der Waals surface area contributed by atoms with E-state index in [0.717, 1.165) is 5.56 Å². The van der Waals surface area contributed by atoms with Crippen molar-refractivity contribution in [1.29, 1.82) is 0 Å². The van der Waals surface area contributed by atoms with Crippen LogP contribution in [0.2, 0.25) is 0 Å². The maximum absolute atomic E-state index is 8.81. The van der Waals surface area contributed by atoms with Crippen LogP contribution >= 0.6 is 12.4 Å². The number of phenols is 1. The first-order valence-electron chi connectivity index (χ1n) is 3.57. The van der Waals surface area contributed by atoms with E-state index in [1.54, 1.807) is 19.1 Å². The van der Waals surface area contributed by atoms with Crippen LogP contribution in [0.4, 0.5) is 0 Å². The summed E-state index contributed by atoms with van der Waals surface area (Å²) in [4.78, 5) is 0. The van der Waals surface area contributed by atoms with Crippen LogP contribution in [0.15, 0.2) is 24.3 Å². The number of aryl methyl sites for hydroxylation is 1. The molecule has 1 aromatic carbocycles. The third kappa shape index (κ3) is 7.38. The molecular formula is C9H15ClO2. The van der Waals surface area contributed by atoms with E-state index in [1.807, 2.05) is 19.1 Å². The average molecular weight is 191 g/mol. The molecule has 0 unspecified atom stereocenters. The zero-order chi connectivity index (χ0) is 8.69. The van der Waals surface area contributed by atoms with E-state index in [4.69, 9.17) is 10.2 Å². The Balaban J connectivity index is 0. The molecule has 0 spiro atoms. The molecule has 70 valence electrons. The van der Waals surface area contributed by atoms with Crippen LogP contribution < -0.4 is 0 Å². The van der Waals surface area contributed by atoms with Crippen LogP contribution in [-0.2, 0) is 0 Å². The fraction of sp³-hybridized carbons (Fsp3) is 0.333. The minimum Gasteiger partial charge on any atom is -0.508 e. The summed E-state index contributed by atoms with van der Waals surface area (Å²) in [5.74, 6) is 0.338. The maximum atomic E-state index is 8.81. The van der Waals surface area contributed by atoms with Crippen LogP contribution in [0.5, 0.6) is 5.75 Å².